The second kappa shape index (κ2) is 7.55. The summed E-state index contributed by atoms with van der Waals surface area (Å²) in [5, 5.41) is 0. The predicted molar refractivity (Wildman–Crippen MR) is 88.9 cm³/mol. The molecule has 1 heterocycles. The zero-order chi connectivity index (χ0) is 17.0. The zero-order valence-electron chi connectivity index (χ0n) is 14.3. The van der Waals surface area contributed by atoms with Gasteiger partial charge >= 0.3 is 0 Å². The third kappa shape index (κ3) is 4.28. The number of hydrogen-bond donors (Lipinski definition) is 1. The highest BCUT2D eigenvalue weighted by molar-refractivity contribution is 5.77. The Kier molecular flexibility index (Phi) is 5.71. The largest absolute Gasteiger partial charge is 0.493 e. The van der Waals surface area contributed by atoms with E-state index in [1.165, 1.54) is 0 Å². The van der Waals surface area contributed by atoms with Crippen LogP contribution in [0.15, 0.2) is 12.1 Å². The Bertz CT molecular complexity index is 552. The summed E-state index contributed by atoms with van der Waals surface area (Å²) in [5.41, 5.74) is 7.37. The predicted octanol–water partition coefficient (Wildman–Crippen LogP) is 1.85. The molecule has 1 saturated heterocycles. The lowest BCUT2D eigenvalue weighted by molar-refractivity contribution is -0.143. The third-order valence-corrected chi connectivity index (χ3v) is 3.96. The van der Waals surface area contributed by atoms with E-state index < -0.39 is 0 Å². The highest BCUT2D eigenvalue weighted by Gasteiger charge is 2.25. The first-order valence-corrected chi connectivity index (χ1v) is 7.88. The van der Waals surface area contributed by atoms with E-state index in [1.54, 1.807) is 20.3 Å². The average Bonchev–Trinajstić information content (AvgIpc) is 2.50. The molecule has 1 aliphatic heterocycles. The van der Waals surface area contributed by atoms with E-state index in [-0.39, 0.29) is 18.1 Å². The number of benzene rings is 1. The van der Waals surface area contributed by atoms with E-state index in [1.807, 2.05) is 24.8 Å². The van der Waals surface area contributed by atoms with Gasteiger partial charge < -0.3 is 24.8 Å². The quantitative estimate of drug-likeness (QED) is 0.838. The maximum Gasteiger partial charge on any atom is 0.223 e. The van der Waals surface area contributed by atoms with Gasteiger partial charge in [-0.15, -0.1) is 0 Å². The molecule has 128 valence electrons. The highest BCUT2D eigenvalue weighted by Crippen LogP contribution is 2.34. The number of nitrogen functional groups attached to an aromatic ring is 1. The number of nitrogens with zero attached hydrogens (tertiary/aromatic N) is 1. The van der Waals surface area contributed by atoms with Crippen LogP contribution in [-0.2, 0) is 16.0 Å². The minimum atomic E-state index is 0.0738. The van der Waals surface area contributed by atoms with Gasteiger partial charge in [0.25, 0.3) is 0 Å². The number of anilines is 1. The summed E-state index contributed by atoms with van der Waals surface area (Å²) in [5.74, 6) is 1.34. The highest BCUT2D eigenvalue weighted by atomic mass is 16.5. The van der Waals surface area contributed by atoms with Crippen molar-refractivity contribution in [2.24, 2.45) is 0 Å². The van der Waals surface area contributed by atoms with Crippen LogP contribution >= 0.6 is 0 Å². The number of ether oxygens (including phenoxy) is 3. The number of rotatable bonds is 5. The van der Waals surface area contributed by atoms with Gasteiger partial charge in [-0.3, -0.25) is 4.79 Å². The van der Waals surface area contributed by atoms with Crippen molar-refractivity contribution >= 4 is 11.6 Å². The number of amides is 1. The molecule has 0 saturated carbocycles. The van der Waals surface area contributed by atoms with Gasteiger partial charge in [-0.25, -0.2) is 0 Å². The minimum Gasteiger partial charge on any atom is -0.493 e. The van der Waals surface area contributed by atoms with Crippen LogP contribution in [0.25, 0.3) is 0 Å². The minimum absolute atomic E-state index is 0.0738. The molecule has 1 fully saturated rings. The summed E-state index contributed by atoms with van der Waals surface area (Å²) in [6.45, 7) is 5.25. The molecule has 1 aliphatic rings. The molecule has 6 nitrogen and oxygen atoms in total. The Morgan fingerprint density at radius 1 is 1.26 bits per heavy atom. The van der Waals surface area contributed by atoms with Crippen molar-refractivity contribution in [2.75, 3.05) is 33.0 Å². The number of aryl methyl sites for hydroxylation is 1. The molecule has 23 heavy (non-hydrogen) atoms. The topological polar surface area (TPSA) is 74.0 Å². The summed E-state index contributed by atoms with van der Waals surface area (Å²) >= 11 is 0. The standard InChI is InChI=1S/C17H26N2O4/c1-11-9-19(10-12(2)23-11)16(20)6-5-13-7-14(18)8-15(21-3)17(13)22-4/h7-8,11-12H,5-6,9-10,18H2,1-4H3. The number of nitrogens with two attached hydrogens (primary N) is 1. The number of methoxy groups -OCH3 is 2. The molecule has 2 unspecified atom stereocenters. The zero-order valence-corrected chi connectivity index (χ0v) is 14.3. The van der Waals surface area contributed by atoms with Crippen LogP contribution in [-0.4, -0.2) is 50.3 Å². The van der Waals surface area contributed by atoms with Crippen molar-refractivity contribution in [3.05, 3.63) is 17.7 Å². The van der Waals surface area contributed by atoms with Crippen molar-refractivity contribution < 1.29 is 19.0 Å². The monoisotopic (exact) mass is 322 g/mol. The van der Waals surface area contributed by atoms with Crippen LogP contribution in [0.1, 0.15) is 25.8 Å². The Morgan fingerprint density at radius 3 is 2.48 bits per heavy atom. The van der Waals surface area contributed by atoms with Gasteiger partial charge in [0.15, 0.2) is 11.5 Å². The second-order valence-electron chi connectivity index (χ2n) is 5.97. The van der Waals surface area contributed by atoms with Gasteiger partial charge in [0.2, 0.25) is 5.91 Å². The first-order chi connectivity index (χ1) is 10.9. The fourth-order valence-corrected chi connectivity index (χ4v) is 3.03. The SMILES string of the molecule is COc1cc(N)cc(CCC(=O)N2CC(C)OC(C)C2)c1OC. The summed E-state index contributed by atoms with van der Waals surface area (Å²) in [6, 6.07) is 3.55. The van der Waals surface area contributed by atoms with E-state index in [9.17, 15) is 4.79 Å². The lowest BCUT2D eigenvalue weighted by atomic mass is 10.1. The van der Waals surface area contributed by atoms with Crippen molar-refractivity contribution in [2.45, 2.75) is 38.9 Å². The number of carbonyl (C=O) groups excluding carboxylic acids is 1. The molecule has 1 aromatic carbocycles. The molecule has 2 N–H and O–H groups in total. The Morgan fingerprint density at radius 2 is 1.91 bits per heavy atom. The first-order valence-electron chi connectivity index (χ1n) is 7.88. The van der Waals surface area contributed by atoms with Crippen LogP contribution in [0.4, 0.5) is 5.69 Å². The molecule has 2 rings (SSSR count). The second-order valence-corrected chi connectivity index (χ2v) is 5.97. The number of morpholine rings is 1. The van der Waals surface area contributed by atoms with Gasteiger partial charge in [0, 0.05) is 36.8 Å². The Labute approximate surface area is 137 Å². The van der Waals surface area contributed by atoms with Gasteiger partial charge in [-0.1, -0.05) is 0 Å². The van der Waals surface area contributed by atoms with Crippen LogP contribution in [0.3, 0.4) is 0 Å². The van der Waals surface area contributed by atoms with Crippen molar-refractivity contribution in [3.63, 3.8) is 0 Å². The Hall–Kier alpha value is -1.95. The van der Waals surface area contributed by atoms with Gasteiger partial charge in [0.05, 0.1) is 26.4 Å². The molecule has 2 atom stereocenters. The summed E-state index contributed by atoms with van der Waals surface area (Å²) in [7, 11) is 3.16. The molecule has 0 aliphatic carbocycles. The molecule has 0 aromatic heterocycles. The lowest BCUT2D eigenvalue weighted by Gasteiger charge is -2.35. The van der Waals surface area contributed by atoms with Crippen molar-refractivity contribution in [1.29, 1.82) is 0 Å². The van der Waals surface area contributed by atoms with E-state index in [2.05, 4.69) is 0 Å². The fourth-order valence-electron chi connectivity index (χ4n) is 3.03. The average molecular weight is 322 g/mol. The maximum atomic E-state index is 12.5. The van der Waals surface area contributed by atoms with E-state index in [0.717, 1.165) is 5.56 Å². The van der Waals surface area contributed by atoms with Crippen molar-refractivity contribution in [1.82, 2.24) is 4.90 Å². The summed E-state index contributed by atoms with van der Waals surface area (Å²) in [6.07, 6.45) is 1.11. The summed E-state index contributed by atoms with van der Waals surface area (Å²) in [4.78, 5) is 14.3. The van der Waals surface area contributed by atoms with Crippen LogP contribution in [0.5, 0.6) is 11.5 Å². The summed E-state index contributed by atoms with van der Waals surface area (Å²) < 4.78 is 16.4. The van der Waals surface area contributed by atoms with Gasteiger partial charge in [-0.2, -0.15) is 0 Å². The molecular formula is C17H26N2O4. The van der Waals surface area contributed by atoms with Crippen LogP contribution in [0, 0.1) is 0 Å². The Balaban J connectivity index is 2.05. The lowest BCUT2D eigenvalue weighted by Crippen LogP contribution is -2.48. The normalized spacial score (nSPS) is 21.1. The molecular weight excluding hydrogens is 296 g/mol. The third-order valence-electron chi connectivity index (χ3n) is 3.96. The molecule has 0 spiro atoms. The van der Waals surface area contributed by atoms with Gasteiger partial charge in [-0.05, 0) is 26.3 Å². The van der Waals surface area contributed by atoms with E-state index >= 15 is 0 Å². The van der Waals surface area contributed by atoms with E-state index in [0.29, 0.717) is 43.1 Å². The number of hydrogen-bond acceptors (Lipinski definition) is 5. The molecule has 6 heteroatoms. The smallest absolute Gasteiger partial charge is 0.223 e. The van der Waals surface area contributed by atoms with Crippen LogP contribution < -0.4 is 15.2 Å². The molecule has 1 amide bonds. The van der Waals surface area contributed by atoms with E-state index in [4.69, 9.17) is 19.9 Å². The van der Waals surface area contributed by atoms with Gasteiger partial charge in [0.1, 0.15) is 0 Å². The molecule has 1 aromatic rings. The molecule has 0 bridgehead atoms. The molecule has 0 radical (unpaired) electrons. The van der Waals surface area contributed by atoms with Crippen molar-refractivity contribution in [3.8, 4) is 11.5 Å². The fraction of sp³-hybridized carbons (Fsp3) is 0.588. The maximum absolute atomic E-state index is 12.5. The first kappa shape index (κ1) is 17.4. The number of carbonyl (C=O) groups is 1. The van der Waals surface area contributed by atoms with Crippen LogP contribution in [0.2, 0.25) is 0 Å².